The Bertz CT molecular complexity index is 473. The van der Waals surface area contributed by atoms with E-state index < -0.39 is 0 Å². The van der Waals surface area contributed by atoms with Gasteiger partial charge in [0.2, 0.25) is 0 Å². The van der Waals surface area contributed by atoms with E-state index in [-0.39, 0.29) is 0 Å². The molecule has 2 heteroatoms. The second-order valence-corrected chi connectivity index (χ2v) is 5.42. The zero-order chi connectivity index (χ0) is 14.6. The predicted molar refractivity (Wildman–Crippen MR) is 83.7 cm³/mol. The molecule has 1 aromatic rings. The van der Waals surface area contributed by atoms with Crippen LogP contribution in [0.15, 0.2) is 12.1 Å². The van der Waals surface area contributed by atoms with Crippen LogP contribution in [0.3, 0.4) is 0 Å². The van der Waals surface area contributed by atoms with Crippen molar-refractivity contribution >= 4 is 5.57 Å². The largest absolute Gasteiger partial charge is 0.496 e. The van der Waals surface area contributed by atoms with Gasteiger partial charge in [0.25, 0.3) is 0 Å². The summed E-state index contributed by atoms with van der Waals surface area (Å²) in [6, 6.07) is 2.24. The number of hydrogen-bond acceptors (Lipinski definition) is 2. The normalized spacial score (nSPS) is 12.1. The topological polar surface area (TPSA) is 35.2 Å². The summed E-state index contributed by atoms with van der Waals surface area (Å²) < 4.78 is 5.49. The highest BCUT2D eigenvalue weighted by molar-refractivity contribution is 5.72. The molecule has 0 atom stereocenters. The summed E-state index contributed by atoms with van der Waals surface area (Å²) in [6.45, 7) is 11.6. The van der Waals surface area contributed by atoms with E-state index in [4.69, 9.17) is 10.5 Å². The molecule has 1 rings (SSSR count). The summed E-state index contributed by atoms with van der Waals surface area (Å²) in [4.78, 5) is 0. The minimum absolute atomic E-state index is 0.498. The van der Waals surface area contributed by atoms with Crippen molar-refractivity contribution in [2.45, 2.75) is 41.0 Å². The number of ether oxygens (including phenoxy) is 1. The number of methoxy groups -OCH3 is 1. The molecule has 2 N–H and O–H groups in total. The average Bonchev–Trinajstić information content (AvgIpc) is 2.35. The predicted octanol–water partition coefficient (Wildman–Crippen LogP) is 4.01. The first-order valence-corrected chi connectivity index (χ1v) is 6.99. The number of nitrogens with two attached hydrogens (primary N) is 1. The lowest BCUT2D eigenvalue weighted by Crippen LogP contribution is -2.03. The lowest BCUT2D eigenvalue weighted by molar-refractivity contribution is 0.408. The van der Waals surface area contributed by atoms with Crippen molar-refractivity contribution in [2.24, 2.45) is 11.7 Å². The summed E-state index contributed by atoms with van der Waals surface area (Å²) in [7, 11) is 1.74. The zero-order valence-corrected chi connectivity index (χ0v) is 13.1. The quantitative estimate of drug-likeness (QED) is 0.869. The van der Waals surface area contributed by atoms with Gasteiger partial charge in [-0.3, -0.25) is 0 Å². The van der Waals surface area contributed by atoms with Crippen molar-refractivity contribution in [3.05, 3.63) is 34.4 Å². The highest BCUT2D eigenvalue weighted by atomic mass is 16.5. The van der Waals surface area contributed by atoms with Crippen LogP contribution in [0.1, 0.15) is 42.5 Å². The summed E-state index contributed by atoms with van der Waals surface area (Å²) in [5.41, 5.74) is 12.1. The first kappa shape index (κ1) is 15.8. The van der Waals surface area contributed by atoms with Gasteiger partial charge in [-0.25, -0.2) is 0 Å². The van der Waals surface area contributed by atoms with Crippen molar-refractivity contribution in [3.63, 3.8) is 0 Å². The van der Waals surface area contributed by atoms with Gasteiger partial charge >= 0.3 is 0 Å². The van der Waals surface area contributed by atoms with E-state index in [9.17, 15) is 0 Å². The van der Waals surface area contributed by atoms with Crippen LogP contribution >= 0.6 is 0 Å². The molecule has 0 radical (unpaired) electrons. The molecule has 0 unspecified atom stereocenters. The molecule has 1 aromatic carbocycles. The molecule has 0 amide bonds. The molecule has 0 aliphatic carbocycles. The van der Waals surface area contributed by atoms with Gasteiger partial charge in [-0.15, -0.1) is 0 Å². The fourth-order valence-corrected chi connectivity index (χ4v) is 2.57. The first-order valence-electron chi connectivity index (χ1n) is 6.99. The maximum absolute atomic E-state index is 5.63. The smallest absolute Gasteiger partial charge is 0.124 e. The Hall–Kier alpha value is -1.28. The number of rotatable bonds is 5. The van der Waals surface area contributed by atoms with Crippen molar-refractivity contribution < 1.29 is 4.74 Å². The van der Waals surface area contributed by atoms with E-state index in [2.05, 4.69) is 46.8 Å². The molecular weight excluding hydrogens is 234 g/mol. The molecule has 2 nitrogen and oxygen atoms in total. The second-order valence-electron chi connectivity index (χ2n) is 5.42. The second kappa shape index (κ2) is 6.76. The Labute approximate surface area is 117 Å². The number of aryl methyl sites for hydroxylation is 1. The molecular formula is C17H27NO. The van der Waals surface area contributed by atoms with Crippen LogP contribution in [-0.4, -0.2) is 13.7 Å². The van der Waals surface area contributed by atoms with Gasteiger partial charge in [0, 0.05) is 0 Å². The van der Waals surface area contributed by atoms with Crippen molar-refractivity contribution in [1.29, 1.82) is 0 Å². The molecule has 0 saturated carbocycles. The molecule has 0 aliphatic rings. The summed E-state index contributed by atoms with van der Waals surface area (Å²) in [5.74, 6) is 1.50. The van der Waals surface area contributed by atoms with Gasteiger partial charge < -0.3 is 10.5 Å². The minimum Gasteiger partial charge on any atom is -0.496 e. The molecule has 0 heterocycles. The standard InChI is InChI=1S/C17H27NO/c1-11(2)15(8-7-9-18)16-10-12(3)17(19-6)14(5)13(16)4/h8,10-11H,7,9,18H2,1-6H3/b15-8+. The Morgan fingerprint density at radius 2 is 1.89 bits per heavy atom. The maximum Gasteiger partial charge on any atom is 0.124 e. The van der Waals surface area contributed by atoms with E-state index in [0.29, 0.717) is 12.5 Å². The average molecular weight is 261 g/mol. The Kier molecular flexibility index (Phi) is 5.61. The van der Waals surface area contributed by atoms with Gasteiger partial charge in [-0.1, -0.05) is 19.9 Å². The van der Waals surface area contributed by atoms with E-state index in [1.54, 1.807) is 7.11 Å². The van der Waals surface area contributed by atoms with Crippen LogP contribution in [0.4, 0.5) is 0 Å². The number of hydrogen-bond donors (Lipinski definition) is 1. The van der Waals surface area contributed by atoms with Gasteiger partial charge in [-0.2, -0.15) is 0 Å². The molecule has 19 heavy (non-hydrogen) atoms. The molecule has 0 spiro atoms. The maximum atomic E-state index is 5.63. The minimum atomic E-state index is 0.498. The lowest BCUT2D eigenvalue weighted by Gasteiger charge is -2.20. The Morgan fingerprint density at radius 3 is 2.37 bits per heavy atom. The number of allylic oxidation sites excluding steroid dienone is 1. The lowest BCUT2D eigenvalue weighted by atomic mass is 9.87. The highest BCUT2D eigenvalue weighted by Crippen LogP contribution is 2.34. The van der Waals surface area contributed by atoms with Crippen LogP contribution in [0.25, 0.3) is 5.57 Å². The molecule has 0 aromatic heterocycles. The van der Waals surface area contributed by atoms with Crippen molar-refractivity contribution in [1.82, 2.24) is 0 Å². The summed E-state index contributed by atoms with van der Waals surface area (Å²) in [6.07, 6.45) is 3.20. The molecule has 106 valence electrons. The van der Waals surface area contributed by atoms with Gasteiger partial charge in [-0.05, 0) is 73.5 Å². The zero-order valence-electron chi connectivity index (χ0n) is 13.1. The van der Waals surface area contributed by atoms with Gasteiger partial charge in [0.15, 0.2) is 0 Å². The van der Waals surface area contributed by atoms with E-state index in [1.807, 2.05) is 0 Å². The van der Waals surface area contributed by atoms with Crippen LogP contribution in [0.2, 0.25) is 0 Å². The van der Waals surface area contributed by atoms with Crippen LogP contribution in [-0.2, 0) is 0 Å². The third-order valence-corrected chi connectivity index (χ3v) is 3.69. The number of benzene rings is 1. The third kappa shape index (κ3) is 3.38. The van der Waals surface area contributed by atoms with Crippen LogP contribution in [0.5, 0.6) is 5.75 Å². The highest BCUT2D eigenvalue weighted by Gasteiger charge is 2.15. The van der Waals surface area contributed by atoms with Gasteiger partial charge in [0.1, 0.15) is 5.75 Å². The SMILES string of the molecule is COc1c(C)cc(/C(=C/CCN)C(C)C)c(C)c1C. The molecule has 0 bridgehead atoms. The van der Waals surface area contributed by atoms with Gasteiger partial charge in [0.05, 0.1) is 7.11 Å². The molecule has 0 fully saturated rings. The van der Waals surface area contributed by atoms with Crippen LogP contribution in [0, 0.1) is 26.7 Å². The monoisotopic (exact) mass is 261 g/mol. The van der Waals surface area contributed by atoms with Crippen molar-refractivity contribution in [2.75, 3.05) is 13.7 Å². The van der Waals surface area contributed by atoms with E-state index in [1.165, 1.54) is 27.8 Å². The first-order chi connectivity index (χ1) is 8.93. The third-order valence-electron chi connectivity index (χ3n) is 3.69. The van der Waals surface area contributed by atoms with E-state index >= 15 is 0 Å². The molecule has 0 aliphatic heterocycles. The Balaban J connectivity index is 3.41. The molecule has 0 saturated heterocycles. The Morgan fingerprint density at radius 1 is 1.26 bits per heavy atom. The van der Waals surface area contributed by atoms with Crippen LogP contribution < -0.4 is 10.5 Å². The summed E-state index contributed by atoms with van der Waals surface area (Å²) >= 11 is 0. The fraction of sp³-hybridized carbons (Fsp3) is 0.529. The van der Waals surface area contributed by atoms with E-state index in [0.717, 1.165) is 12.2 Å². The summed E-state index contributed by atoms with van der Waals surface area (Å²) in [5, 5.41) is 0. The van der Waals surface area contributed by atoms with Crippen molar-refractivity contribution in [3.8, 4) is 5.75 Å². The fourth-order valence-electron chi connectivity index (χ4n) is 2.57.